The monoisotopic (exact) mass is 273 g/mol. The van der Waals surface area contributed by atoms with Gasteiger partial charge in [-0.05, 0) is 24.3 Å². The van der Waals surface area contributed by atoms with Crippen molar-refractivity contribution in [2.24, 2.45) is 0 Å². The second kappa shape index (κ2) is 5.98. The van der Waals surface area contributed by atoms with E-state index in [1.54, 1.807) is 30.5 Å². The number of hydrogen-bond acceptors (Lipinski definition) is 4. The summed E-state index contributed by atoms with van der Waals surface area (Å²) in [5, 5.41) is 6.68. The average Bonchev–Trinajstić information content (AvgIpc) is 2.51. The zero-order valence-corrected chi connectivity index (χ0v) is 11.0. The van der Waals surface area contributed by atoms with Crippen molar-refractivity contribution in [1.29, 1.82) is 0 Å². The van der Waals surface area contributed by atoms with Crippen molar-refractivity contribution < 1.29 is 9.13 Å². The van der Waals surface area contributed by atoms with Crippen molar-refractivity contribution in [3.63, 3.8) is 0 Å². The van der Waals surface area contributed by atoms with Crippen LogP contribution in [0.3, 0.4) is 0 Å². The molecule has 1 aliphatic rings. The van der Waals surface area contributed by atoms with Crippen LogP contribution in [0.15, 0.2) is 42.6 Å². The number of benzene rings is 1. The van der Waals surface area contributed by atoms with E-state index in [0.29, 0.717) is 5.75 Å². The third-order valence-corrected chi connectivity index (χ3v) is 3.23. The van der Waals surface area contributed by atoms with E-state index in [0.717, 1.165) is 25.3 Å². The largest absolute Gasteiger partial charge is 0.452 e. The van der Waals surface area contributed by atoms with E-state index >= 15 is 0 Å². The van der Waals surface area contributed by atoms with Crippen molar-refractivity contribution in [3.05, 3.63) is 54.1 Å². The molecule has 1 unspecified atom stereocenters. The summed E-state index contributed by atoms with van der Waals surface area (Å²) in [4.78, 5) is 4.38. The summed E-state index contributed by atoms with van der Waals surface area (Å²) in [7, 11) is 0. The van der Waals surface area contributed by atoms with Gasteiger partial charge in [0.2, 0.25) is 0 Å². The molecule has 1 atom stereocenters. The molecule has 0 radical (unpaired) electrons. The van der Waals surface area contributed by atoms with E-state index in [2.05, 4.69) is 15.6 Å². The maximum absolute atomic E-state index is 13.7. The number of nitrogens with zero attached hydrogens (tertiary/aromatic N) is 1. The molecule has 3 rings (SSSR count). The molecule has 1 saturated heterocycles. The Morgan fingerprint density at radius 3 is 2.75 bits per heavy atom. The molecule has 1 fully saturated rings. The normalized spacial score (nSPS) is 18.8. The van der Waals surface area contributed by atoms with E-state index in [4.69, 9.17) is 4.74 Å². The van der Waals surface area contributed by atoms with Crippen molar-refractivity contribution in [2.75, 3.05) is 19.6 Å². The standard InChI is InChI=1S/C15H16FN3O/c16-11-4-1-2-5-13(11)20-14-6-3-7-19-15(14)12-10-17-8-9-18-12/h1-7,12,17-18H,8-10H2. The zero-order valence-electron chi connectivity index (χ0n) is 11.0. The number of nitrogens with one attached hydrogen (secondary N) is 2. The van der Waals surface area contributed by atoms with Crippen LogP contribution in [0, 0.1) is 5.82 Å². The molecule has 2 heterocycles. The van der Waals surface area contributed by atoms with Crippen molar-refractivity contribution >= 4 is 0 Å². The third kappa shape index (κ3) is 2.79. The fraction of sp³-hybridized carbons (Fsp3) is 0.267. The number of para-hydroxylation sites is 1. The van der Waals surface area contributed by atoms with Gasteiger partial charge in [0.1, 0.15) is 5.69 Å². The maximum atomic E-state index is 13.7. The molecule has 5 heteroatoms. The molecule has 2 aromatic rings. The molecule has 0 aliphatic carbocycles. The van der Waals surface area contributed by atoms with E-state index in [9.17, 15) is 4.39 Å². The van der Waals surface area contributed by atoms with E-state index in [1.807, 2.05) is 6.07 Å². The molecule has 20 heavy (non-hydrogen) atoms. The third-order valence-electron chi connectivity index (χ3n) is 3.23. The first-order valence-electron chi connectivity index (χ1n) is 6.66. The van der Waals surface area contributed by atoms with Gasteiger partial charge in [0.05, 0.1) is 6.04 Å². The van der Waals surface area contributed by atoms with Gasteiger partial charge in [-0.15, -0.1) is 0 Å². The molecule has 0 saturated carbocycles. The summed E-state index contributed by atoms with van der Waals surface area (Å²) in [5.74, 6) is 0.418. The highest BCUT2D eigenvalue weighted by atomic mass is 19.1. The second-order valence-corrected chi connectivity index (χ2v) is 4.63. The molecule has 0 spiro atoms. The van der Waals surface area contributed by atoms with Crippen molar-refractivity contribution in [2.45, 2.75) is 6.04 Å². The smallest absolute Gasteiger partial charge is 0.165 e. The van der Waals surface area contributed by atoms with E-state index in [1.165, 1.54) is 6.07 Å². The summed E-state index contributed by atoms with van der Waals surface area (Å²) >= 11 is 0. The fourth-order valence-electron chi connectivity index (χ4n) is 2.24. The Morgan fingerprint density at radius 2 is 1.95 bits per heavy atom. The van der Waals surface area contributed by atoms with Crippen LogP contribution < -0.4 is 15.4 Å². The molecule has 0 amide bonds. The van der Waals surface area contributed by atoms with Crippen LogP contribution >= 0.6 is 0 Å². The molecule has 0 bridgehead atoms. The van der Waals surface area contributed by atoms with Crippen LogP contribution in [-0.2, 0) is 0 Å². The van der Waals surface area contributed by atoms with Gasteiger partial charge < -0.3 is 15.4 Å². The summed E-state index contributed by atoms with van der Waals surface area (Å²) in [6.45, 7) is 2.60. The number of halogens is 1. The predicted molar refractivity (Wildman–Crippen MR) is 74.3 cm³/mol. The number of hydrogen-bond donors (Lipinski definition) is 2. The minimum atomic E-state index is -0.378. The van der Waals surface area contributed by atoms with Gasteiger partial charge in [-0.1, -0.05) is 12.1 Å². The zero-order chi connectivity index (χ0) is 13.8. The minimum Gasteiger partial charge on any atom is -0.452 e. The van der Waals surface area contributed by atoms with Crippen molar-refractivity contribution in [1.82, 2.24) is 15.6 Å². The first-order valence-corrected chi connectivity index (χ1v) is 6.66. The number of aromatic nitrogens is 1. The van der Waals surface area contributed by atoms with Crippen LogP contribution in [0.25, 0.3) is 0 Å². The summed E-state index contributed by atoms with van der Waals surface area (Å²) in [6.07, 6.45) is 1.72. The Balaban J connectivity index is 1.88. The number of pyridine rings is 1. The van der Waals surface area contributed by atoms with Crippen LogP contribution in [0.5, 0.6) is 11.5 Å². The molecule has 4 nitrogen and oxygen atoms in total. The van der Waals surface area contributed by atoms with Gasteiger partial charge in [0.15, 0.2) is 17.3 Å². The first kappa shape index (κ1) is 13.0. The summed E-state index contributed by atoms with van der Waals surface area (Å²) in [6, 6.07) is 10.0. The fourth-order valence-corrected chi connectivity index (χ4v) is 2.24. The molecular weight excluding hydrogens is 257 g/mol. The Morgan fingerprint density at radius 1 is 1.10 bits per heavy atom. The molecule has 104 valence electrons. The SMILES string of the molecule is Fc1ccccc1Oc1cccnc1C1CNCCN1. The quantitative estimate of drug-likeness (QED) is 0.900. The Bertz CT molecular complexity index is 585. The molecule has 1 aliphatic heterocycles. The first-order chi connectivity index (χ1) is 9.84. The molecule has 1 aromatic heterocycles. The van der Waals surface area contributed by atoms with Gasteiger partial charge in [0.25, 0.3) is 0 Å². The summed E-state index contributed by atoms with van der Waals surface area (Å²) in [5.41, 5.74) is 0.794. The Kier molecular flexibility index (Phi) is 3.90. The van der Waals surface area contributed by atoms with Gasteiger partial charge in [-0.3, -0.25) is 4.98 Å². The average molecular weight is 273 g/mol. The lowest BCUT2D eigenvalue weighted by Crippen LogP contribution is -2.43. The van der Waals surface area contributed by atoms with Crippen LogP contribution in [0.4, 0.5) is 4.39 Å². The second-order valence-electron chi connectivity index (χ2n) is 4.63. The lowest BCUT2D eigenvalue weighted by molar-refractivity contribution is 0.391. The molecule has 1 aromatic carbocycles. The Hall–Kier alpha value is -1.98. The number of rotatable bonds is 3. The van der Waals surface area contributed by atoms with Crippen LogP contribution in [-0.4, -0.2) is 24.6 Å². The molecule has 2 N–H and O–H groups in total. The highest BCUT2D eigenvalue weighted by molar-refractivity contribution is 5.36. The molecular formula is C15H16FN3O. The van der Waals surface area contributed by atoms with Gasteiger partial charge in [-0.2, -0.15) is 0 Å². The minimum absolute atomic E-state index is 0.0757. The maximum Gasteiger partial charge on any atom is 0.165 e. The summed E-state index contributed by atoms with van der Waals surface area (Å²) < 4.78 is 19.4. The van der Waals surface area contributed by atoms with Gasteiger partial charge in [-0.25, -0.2) is 4.39 Å². The topological polar surface area (TPSA) is 46.2 Å². The van der Waals surface area contributed by atoms with Gasteiger partial charge >= 0.3 is 0 Å². The van der Waals surface area contributed by atoms with Crippen molar-refractivity contribution in [3.8, 4) is 11.5 Å². The lowest BCUT2D eigenvalue weighted by Gasteiger charge is -2.25. The number of ether oxygens (including phenoxy) is 1. The highest BCUT2D eigenvalue weighted by Crippen LogP contribution is 2.29. The Labute approximate surface area is 117 Å². The number of piperazine rings is 1. The van der Waals surface area contributed by atoms with Crippen LogP contribution in [0.2, 0.25) is 0 Å². The highest BCUT2D eigenvalue weighted by Gasteiger charge is 2.20. The van der Waals surface area contributed by atoms with E-state index in [-0.39, 0.29) is 17.6 Å². The predicted octanol–water partition coefficient (Wildman–Crippen LogP) is 2.25. The van der Waals surface area contributed by atoms with Gasteiger partial charge in [0, 0.05) is 25.8 Å². The van der Waals surface area contributed by atoms with E-state index < -0.39 is 0 Å². The lowest BCUT2D eigenvalue weighted by atomic mass is 10.1. The van der Waals surface area contributed by atoms with Crippen LogP contribution in [0.1, 0.15) is 11.7 Å².